The number of nitrogens with zero attached hydrogens (tertiary/aromatic N) is 5. The predicted octanol–water partition coefficient (Wildman–Crippen LogP) is 2.98. The van der Waals surface area contributed by atoms with Gasteiger partial charge in [0.05, 0.1) is 12.3 Å². The topological polar surface area (TPSA) is 97.0 Å². The number of furan rings is 1. The highest BCUT2D eigenvalue weighted by Crippen LogP contribution is 2.34. The Bertz CT molecular complexity index is 926. The zero-order valence-corrected chi connectivity index (χ0v) is 14.5. The molecule has 4 rings (SSSR count). The van der Waals surface area contributed by atoms with Crippen LogP contribution in [-0.4, -0.2) is 37.3 Å². The summed E-state index contributed by atoms with van der Waals surface area (Å²) in [7, 11) is 0. The predicted molar refractivity (Wildman–Crippen MR) is 98.8 cm³/mol. The van der Waals surface area contributed by atoms with E-state index >= 15 is 0 Å². The van der Waals surface area contributed by atoms with E-state index in [0.717, 1.165) is 12.8 Å². The highest BCUT2D eigenvalue weighted by atomic mass is 16.3. The Kier molecular flexibility index (Phi) is 4.86. The molecule has 27 heavy (non-hydrogen) atoms. The number of hydrogen-bond acceptors (Lipinski definition) is 7. The van der Waals surface area contributed by atoms with Gasteiger partial charge in [-0.25, -0.2) is 15.0 Å². The molecule has 1 atom stereocenters. The van der Waals surface area contributed by atoms with Crippen LogP contribution in [0.4, 0.5) is 11.8 Å². The number of carbonyl (C=O) groups excluding carboxylic acids is 1. The number of nitrogens with one attached hydrogen (secondary N) is 1. The molecule has 136 valence electrons. The molecular weight excluding hydrogens is 344 g/mol. The molecule has 0 bridgehead atoms. The Morgan fingerprint density at radius 2 is 2.00 bits per heavy atom. The van der Waals surface area contributed by atoms with E-state index in [1.165, 1.54) is 6.08 Å². The van der Waals surface area contributed by atoms with Crippen LogP contribution in [0.2, 0.25) is 0 Å². The van der Waals surface area contributed by atoms with Crippen molar-refractivity contribution >= 4 is 23.7 Å². The molecule has 1 unspecified atom stereocenters. The maximum absolute atomic E-state index is 12.7. The van der Waals surface area contributed by atoms with Gasteiger partial charge in [0.15, 0.2) is 5.82 Å². The smallest absolute Gasteiger partial charge is 0.247 e. The number of anilines is 2. The molecule has 0 spiro atoms. The summed E-state index contributed by atoms with van der Waals surface area (Å²) in [6, 6.07) is 5.17. The zero-order chi connectivity index (χ0) is 18.5. The summed E-state index contributed by atoms with van der Waals surface area (Å²) < 4.78 is 5.24. The minimum atomic E-state index is -0.154. The van der Waals surface area contributed by atoms with Crippen molar-refractivity contribution < 1.29 is 9.21 Å². The Hall–Kier alpha value is -3.55. The van der Waals surface area contributed by atoms with Gasteiger partial charge in [-0.05, 0) is 37.1 Å². The van der Waals surface area contributed by atoms with Crippen LogP contribution in [0, 0.1) is 0 Å². The van der Waals surface area contributed by atoms with E-state index in [4.69, 9.17) is 4.42 Å². The van der Waals surface area contributed by atoms with Crippen molar-refractivity contribution in [2.75, 3.05) is 11.9 Å². The van der Waals surface area contributed by atoms with E-state index in [9.17, 15) is 4.79 Å². The lowest BCUT2D eigenvalue weighted by molar-refractivity contribution is -0.126. The molecule has 8 nitrogen and oxygen atoms in total. The number of likely N-dealkylation sites (tertiary alicyclic amines) is 1. The van der Waals surface area contributed by atoms with Gasteiger partial charge in [0, 0.05) is 37.4 Å². The molecule has 1 amide bonds. The molecule has 0 aliphatic carbocycles. The van der Waals surface area contributed by atoms with E-state index in [2.05, 4.69) is 25.3 Å². The maximum Gasteiger partial charge on any atom is 0.247 e. The quantitative estimate of drug-likeness (QED) is 0.697. The van der Waals surface area contributed by atoms with Crippen LogP contribution < -0.4 is 5.32 Å². The summed E-state index contributed by atoms with van der Waals surface area (Å²) >= 11 is 0. The summed E-state index contributed by atoms with van der Waals surface area (Å²) in [4.78, 5) is 31.7. The van der Waals surface area contributed by atoms with E-state index in [0.29, 0.717) is 29.8 Å². The minimum Gasteiger partial charge on any atom is -0.465 e. The SMILES string of the molecule is O=C(/C=C/c1ccco1)N1CCCC1c1nccnc1Nc1ncccn1. The lowest BCUT2D eigenvalue weighted by Crippen LogP contribution is -2.30. The van der Waals surface area contributed by atoms with Crippen molar-refractivity contribution in [2.24, 2.45) is 0 Å². The summed E-state index contributed by atoms with van der Waals surface area (Å²) in [5.41, 5.74) is 0.710. The molecule has 0 saturated carbocycles. The number of carbonyl (C=O) groups is 1. The average molecular weight is 362 g/mol. The molecule has 1 aliphatic heterocycles. The number of aromatic nitrogens is 4. The molecular formula is C19H18N6O2. The lowest BCUT2D eigenvalue weighted by Gasteiger charge is -2.24. The van der Waals surface area contributed by atoms with Gasteiger partial charge in [0.1, 0.15) is 11.5 Å². The Morgan fingerprint density at radius 1 is 1.15 bits per heavy atom. The summed E-state index contributed by atoms with van der Waals surface area (Å²) in [6.07, 6.45) is 13.0. The van der Waals surface area contributed by atoms with Crippen molar-refractivity contribution in [3.8, 4) is 0 Å². The third-order valence-corrected chi connectivity index (χ3v) is 4.31. The first-order chi connectivity index (χ1) is 13.3. The van der Waals surface area contributed by atoms with Crippen molar-refractivity contribution in [1.82, 2.24) is 24.8 Å². The van der Waals surface area contributed by atoms with Gasteiger partial charge in [0.25, 0.3) is 0 Å². The molecule has 8 heteroatoms. The number of rotatable bonds is 5. The van der Waals surface area contributed by atoms with E-state index in [-0.39, 0.29) is 11.9 Å². The fraction of sp³-hybridized carbons (Fsp3) is 0.211. The first-order valence-electron chi connectivity index (χ1n) is 8.68. The summed E-state index contributed by atoms with van der Waals surface area (Å²) in [5.74, 6) is 1.56. The molecule has 0 aromatic carbocycles. The number of hydrogen-bond donors (Lipinski definition) is 1. The standard InChI is InChI=1S/C19H18N6O2/c26-16(7-6-14-4-2-13-27-14)25-12-1-5-15(25)17-18(21-11-10-20-17)24-19-22-8-3-9-23-19/h2-4,6-11,13,15H,1,5,12H2,(H,21,22,23,24)/b7-6+. The van der Waals surface area contributed by atoms with Crippen LogP contribution in [0.15, 0.2) is 59.7 Å². The Balaban J connectivity index is 1.56. The van der Waals surface area contributed by atoms with Crippen LogP contribution >= 0.6 is 0 Å². The maximum atomic E-state index is 12.7. The molecule has 3 aromatic rings. The lowest BCUT2D eigenvalue weighted by atomic mass is 10.1. The van der Waals surface area contributed by atoms with Gasteiger partial charge in [-0.3, -0.25) is 9.78 Å². The van der Waals surface area contributed by atoms with Crippen LogP contribution in [0.1, 0.15) is 30.3 Å². The van der Waals surface area contributed by atoms with Gasteiger partial charge in [0.2, 0.25) is 11.9 Å². The Morgan fingerprint density at radius 3 is 2.81 bits per heavy atom. The van der Waals surface area contributed by atoms with Crippen LogP contribution in [0.5, 0.6) is 0 Å². The molecule has 1 fully saturated rings. The second-order valence-electron chi connectivity index (χ2n) is 6.03. The molecule has 1 saturated heterocycles. The average Bonchev–Trinajstić information content (AvgIpc) is 3.39. The van der Waals surface area contributed by atoms with Crippen molar-refractivity contribution in [3.63, 3.8) is 0 Å². The van der Waals surface area contributed by atoms with E-state index < -0.39 is 0 Å². The summed E-state index contributed by atoms with van der Waals surface area (Å²) in [5, 5.41) is 3.10. The van der Waals surface area contributed by atoms with E-state index in [1.54, 1.807) is 60.2 Å². The highest BCUT2D eigenvalue weighted by Gasteiger charge is 2.32. The molecule has 4 heterocycles. The monoisotopic (exact) mass is 362 g/mol. The first kappa shape index (κ1) is 16.9. The fourth-order valence-electron chi connectivity index (χ4n) is 3.11. The Labute approximate surface area is 156 Å². The van der Waals surface area contributed by atoms with Crippen LogP contribution in [-0.2, 0) is 4.79 Å². The third-order valence-electron chi connectivity index (χ3n) is 4.31. The second-order valence-corrected chi connectivity index (χ2v) is 6.03. The van der Waals surface area contributed by atoms with Gasteiger partial charge in [-0.15, -0.1) is 0 Å². The molecule has 1 N–H and O–H groups in total. The zero-order valence-electron chi connectivity index (χ0n) is 14.5. The number of amides is 1. The van der Waals surface area contributed by atoms with Gasteiger partial charge in [-0.2, -0.15) is 0 Å². The van der Waals surface area contributed by atoms with Gasteiger partial charge < -0.3 is 14.6 Å². The normalized spacial score (nSPS) is 16.7. The minimum absolute atomic E-state index is 0.0820. The van der Waals surface area contributed by atoms with Gasteiger partial charge in [-0.1, -0.05) is 0 Å². The van der Waals surface area contributed by atoms with E-state index in [1.807, 2.05) is 0 Å². The fourth-order valence-corrected chi connectivity index (χ4v) is 3.11. The molecule has 3 aromatic heterocycles. The first-order valence-corrected chi connectivity index (χ1v) is 8.68. The van der Waals surface area contributed by atoms with Crippen molar-refractivity contribution in [1.29, 1.82) is 0 Å². The largest absolute Gasteiger partial charge is 0.465 e. The highest BCUT2D eigenvalue weighted by molar-refractivity contribution is 5.92. The second kappa shape index (κ2) is 7.77. The molecule has 1 aliphatic rings. The summed E-state index contributed by atoms with van der Waals surface area (Å²) in [6.45, 7) is 0.670. The van der Waals surface area contributed by atoms with Crippen molar-refractivity contribution in [3.05, 3.63) is 66.8 Å². The van der Waals surface area contributed by atoms with Crippen molar-refractivity contribution in [2.45, 2.75) is 18.9 Å². The van der Waals surface area contributed by atoms with Crippen LogP contribution in [0.25, 0.3) is 6.08 Å². The third kappa shape index (κ3) is 3.84. The molecule has 0 radical (unpaired) electrons. The van der Waals surface area contributed by atoms with Gasteiger partial charge >= 0.3 is 0 Å². The van der Waals surface area contributed by atoms with Crippen LogP contribution in [0.3, 0.4) is 0 Å².